The molecule has 0 radical (unpaired) electrons. The molecule has 0 aromatic carbocycles. The van der Waals surface area contributed by atoms with E-state index in [0.717, 1.165) is 0 Å². The van der Waals surface area contributed by atoms with Crippen LogP contribution in [-0.4, -0.2) is 24.9 Å². The van der Waals surface area contributed by atoms with E-state index in [9.17, 15) is 13.0 Å². The SMILES string of the molecule is CC(C)NCS(=O)(=O)[O-].[Na+]. The normalized spacial score (nSPS) is 11.2. The predicted molar refractivity (Wildman–Crippen MR) is 32.8 cm³/mol. The van der Waals surface area contributed by atoms with E-state index in [1.807, 2.05) is 0 Å². The van der Waals surface area contributed by atoms with Crippen LogP contribution in [0.1, 0.15) is 13.8 Å². The zero-order chi connectivity index (χ0) is 7.49. The molecular weight excluding hydrogens is 165 g/mol. The van der Waals surface area contributed by atoms with Crippen LogP contribution in [0.3, 0.4) is 0 Å². The molecule has 10 heavy (non-hydrogen) atoms. The fourth-order valence-electron chi connectivity index (χ4n) is 0.269. The van der Waals surface area contributed by atoms with Crippen molar-refractivity contribution in [3.05, 3.63) is 0 Å². The van der Waals surface area contributed by atoms with E-state index < -0.39 is 16.0 Å². The van der Waals surface area contributed by atoms with Crippen LogP contribution in [0.2, 0.25) is 0 Å². The van der Waals surface area contributed by atoms with E-state index >= 15 is 0 Å². The van der Waals surface area contributed by atoms with Gasteiger partial charge in [0.15, 0.2) is 0 Å². The molecular formula is C4H10NNaO3S. The van der Waals surface area contributed by atoms with Crippen molar-refractivity contribution in [3.8, 4) is 0 Å². The Morgan fingerprint density at radius 2 is 1.90 bits per heavy atom. The average molecular weight is 175 g/mol. The molecule has 0 fully saturated rings. The van der Waals surface area contributed by atoms with Gasteiger partial charge in [-0.15, -0.1) is 0 Å². The first-order chi connectivity index (χ1) is 3.92. The van der Waals surface area contributed by atoms with Crippen LogP contribution in [-0.2, 0) is 10.1 Å². The summed E-state index contributed by atoms with van der Waals surface area (Å²) in [4.78, 5) is 0. The molecule has 0 aliphatic carbocycles. The molecule has 0 heterocycles. The molecule has 0 rings (SSSR count). The van der Waals surface area contributed by atoms with E-state index in [1.165, 1.54) is 0 Å². The van der Waals surface area contributed by atoms with Crippen LogP contribution in [0.15, 0.2) is 0 Å². The molecule has 0 aliphatic rings. The molecule has 0 bridgehead atoms. The van der Waals surface area contributed by atoms with E-state index in [1.54, 1.807) is 13.8 Å². The van der Waals surface area contributed by atoms with Gasteiger partial charge >= 0.3 is 29.6 Å². The van der Waals surface area contributed by atoms with Gasteiger partial charge in [-0.2, -0.15) is 0 Å². The fourth-order valence-corrected chi connectivity index (χ4v) is 0.806. The second-order valence-corrected chi connectivity index (χ2v) is 3.46. The van der Waals surface area contributed by atoms with Gasteiger partial charge in [0.1, 0.15) is 10.1 Å². The standard InChI is InChI=1S/C4H11NO3S.Na/c1-4(2)5-3-9(6,7)8;/h4-5H,3H2,1-2H3,(H,6,7,8);/q;+1/p-1. The Labute approximate surface area is 83.4 Å². The fraction of sp³-hybridized carbons (Fsp3) is 1.00. The van der Waals surface area contributed by atoms with Crippen molar-refractivity contribution < 1.29 is 42.5 Å². The first-order valence-corrected chi connectivity index (χ1v) is 4.16. The summed E-state index contributed by atoms with van der Waals surface area (Å²) in [5, 5.41) is 2.48. The summed E-state index contributed by atoms with van der Waals surface area (Å²) in [7, 11) is -4.08. The van der Waals surface area contributed by atoms with Crippen molar-refractivity contribution in [2.45, 2.75) is 19.9 Å². The zero-order valence-electron chi connectivity index (χ0n) is 6.42. The van der Waals surface area contributed by atoms with Gasteiger partial charge in [-0.25, -0.2) is 8.42 Å². The monoisotopic (exact) mass is 175 g/mol. The quantitative estimate of drug-likeness (QED) is 0.357. The molecule has 1 N–H and O–H groups in total. The summed E-state index contributed by atoms with van der Waals surface area (Å²) < 4.78 is 29.8. The van der Waals surface area contributed by atoms with Crippen molar-refractivity contribution >= 4 is 10.1 Å². The van der Waals surface area contributed by atoms with Crippen LogP contribution >= 0.6 is 0 Å². The van der Waals surface area contributed by atoms with Gasteiger partial charge in [0.05, 0.1) is 5.88 Å². The van der Waals surface area contributed by atoms with Gasteiger partial charge in [0.25, 0.3) is 0 Å². The topological polar surface area (TPSA) is 69.2 Å². The number of hydrogen-bond donors (Lipinski definition) is 1. The first-order valence-electron chi connectivity index (χ1n) is 2.59. The Morgan fingerprint density at radius 1 is 1.50 bits per heavy atom. The summed E-state index contributed by atoms with van der Waals surface area (Å²) in [6, 6.07) is 0.0359. The Bertz CT molecular complexity index is 165. The third-order valence-electron chi connectivity index (χ3n) is 0.668. The Morgan fingerprint density at radius 3 is 2.00 bits per heavy atom. The maximum atomic E-state index is 9.92. The second-order valence-electron chi connectivity index (χ2n) is 2.06. The molecule has 0 amide bonds. The van der Waals surface area contributed by atoms with Gasteiger partial charge in [0, 0.05) is 6.04 Å². The molecule has 0 saturated heterocycles. The van der Waals surface area contributed by atoms with Crippen molar-refractivity contribution in [3.63, 3.8) is 0 Å². The van der Waals surface area contributed by atoms with Crippen LogP contribution in [0.25, 0.3) is 0 Å². The Kier molecular flexibility index (Phi) is 7.42. The van der Waals surface area contributed by atoms with Gasteiger partial charge in [0.2, 0.25) is 0 Å². The van der Waals surface area contributed by atoms with Gasteiger partial charge < -0.3 is 9.87 Å². The average Bonchev–Trinajstić information content (AvgIpc) is 1.59. The largest absolute Gasteiger partial charge is 1.00 e. The minimum Gasteiger partial charge on any atom is -0.747 e. The molecule has 4 nitrogen and oxygen atoms in total. The third-order valence-corrected chi connectivity index (χ3v) is 1.19. The maximum Gasteiger partial charge on any atom is 1.00 e. The Balaban J connectivity index is 0. The smallest absolute Gasteiger partial charge is 0.747 e. The van der Waals surface area contributed by atoms with Crippen LogP contribution < -0.4 is 34.9 Å². The van der Waals surface area contributed by atoms with Crippen molar-refractivity contribution in [2.75, 3.05) is 5.88 Å². The van der Waals surface area contributed by atoms with E-state index in [0.29, 0.717) is 0 Å². The summed E-state index contributed by atoms with van der Waals surface area (Å²) in [5.41, 5.74) is 0. The number of rotatable bonds is 3. The molecule has 56 valence electrons. The molecule has 0 unspecified atom stereocenters. The summed E-state index contributed by atoms with van der Waals surface area (Å²) in [6.45, 7) is 3.54. The zero-order valence-corrected chi connectivity index (χ0v) is 9.23. The number of nitrogens with one attached hydrogen (secondary N) is 1. The first kappa shape index (κ1) is 13.5. The van der Waals surface area contributed by atoms with Crippen molar-refractivity contribution in [1.82, 2.24) is 5.32 Å². The van der Waals surface area contributed by atoms with Crippen molar-refractivity contribution in [2.24, 2.45) is 0 Å². The maximum absolute atomic E-state index is 9.92. The molecule has 0 aromatic rings. The minimum absolute atomic E-state index is 0. The number of hydrogen-bond acceptors (Lipinski definition) is 4. The van der Waals surface area contributed by atoms with Crippen LogP contribution in [0, 0.1) is 0 Å². The molecule has 0 aromatic heterocycles. The van der Waals surface area contributed by atoms with Gasteiger partial charge in [-0.3, -0.25) is 0 Å². The Hall–Kier alpha value is 0.870. The summed E-state index contributed by atoms with van der Waals surface area (Å²) in [5.74, 6) is -0.481. The van der Waals surface area contributed by atoms with Crippen LogP contribution in [0.4, 0.5) is 0 Å². The van der Waals surface area contributed by atoms with Gasteiger partial charge in [-0.1, -0.05) is 13.8 Å². The van der Waals surface area contributed by atoms with E-state index in [4.69, 9.17) is 0 Å². The summed E-state index contributed by atoms with van der Waals surface area (Å²) >= 11 is 0. The second kappa shape index (κ2) is 5.51. The minimum atomic E-state index is -4.08. The third kappa shape index (κ3) is 11.6. The van der Waals surface area contributed by atoms with E-state index in [-0.39, 0.29) is 35.6 Å². The van der Waals surface area contributed by atoms with E-state index in [2.05, 4.69) is 5.32 Å². The molecule has 0 spiro atoms. The van der Waals surface area contributed by atoms with Crippen LogP contribution in [0.5, 0.6) is 0 Å². The molecule has 0 aliphatic heterocycles. The molecule has 0 saturated carbocycles. The van der Waals surface area contributed by atoms with Crippen molar-refractivity contribution in [1.29, 1.82) is 0 Å². The van der Waals surface area contributed by atoms with Gasteiger partial charge in [-0.05, 0) is 0 Å². The molecule has 0 atom stereocenters. The molecule has 6 heteroatoms. The predicted octanol–water partition coefficient (Wildman–Crippen LogP) is -3.51. The summed E-state index contributed by atoms with van der Waals surface area (Å²) in [6.07, 6.45) is 0.